The molecule has 1 saturated carbocycles. The summed E-state index contributed by atoms with van der Waals surface area (Å²) in [5.41, 5.74) is 3.11. The Balaban J connectivity index is 1.67. The SMILES string of the molecule is CC[C@H](C(=O)NC1CCCCC1)N(Cc1ccc(C)cc1)C(=O)CSCc1ccc([N+](=O)[O-])cc1. The Labute approximate surface area is 211 Å². The van der Waals surface area contributed by atoms with E-state index in [2.05, 4.69) is 5.32 Å². The van der Waals surface area contributed by atoms with E-state index in [-0.39, 0.29) is 29.3 Å². The predicted molar refractivity (Wildman–Crippen MR) is 140 cm³/mol. The Bertz CT molecular complexity index is 988. The molecule has 0 radical (unpaired) electrons. The molecule has 2 aromatic rings. The van der Waals surface area contributed by atoms with Crippen LogP contribution in [0, 0.1) is 17.0 Å². The van der Waals surface area contributed by atoms with Gasteiger partial charge in [0.1, 0.15) is 6.04 Å². The molecule has 0 aliphatic heterocycles. The fourth-order valence-electron chi connectivity index (χ4n) is 4.41. The highest BCUT2D eigenvalue weighted by molar-refractivity contribution is 7.99. The number of nitrogens with one attached hydrogen (secondary N) is 1. The van der Waals surface area contributed by atoms with E-state index in [1.54, 1.807) is 17.0 Å². The van der Waals surface area contributed by atoms with Crippen LogP contribution in [0.4, 0.5) is 5.69 Å². The van der Waals surface area contributed by atoms with E-state index in [9.17, 15) is 19.7 Å². The first kappa shape index (κ1) is 26.7. The Morgan fingerprint density at radius 3 is 2.29 bits per heavy atom. The molecule has 0 spiro atoms. The number of nitro groups is 1. The van der Waals surface area contributed by atoms with Crippen molar-refractivity contribution in [2.45, 2.75) is 76.8 Å². The quantitative estimate of drug-likeness (QED) is 0.332. The summed E-state index contributed by atoms with van der Waals surface area (Å²) in [6, 6.07) is 14.1. The van der Waals surface area contributed by atoms with E-state index >= 15 is 0 Å². The number of carbonyl (C=O) groups excluding carboxylic acids is 2. The molecule has 8 heteroatoms. The van der Waals surface area contributed by atoms with Gasteiger partial charge in [-0.3, -0.25) is 19.7 Å². The Kier molecular flexibility index (Phi) is 10.1. The van der Waals surface area contributed by atoms with Gasteiger partial charge in [0.25, 0.3) is 5.69 Å². The van der Waals surface area contributed by atoms with E-state index in [0.717, 1.165) is 42.4 Å². The molecule has 3 rings (SSSR count). The van der Waals surface area contributed by atoms with Crippen molar-refractivity contribution in [2.75, 3.05) is 5.75 Å². The van der Waals surface area contributed by atoms with E-state index in [1.807, 2.05) is 38.1 Å². The van der Waals surface area contributed by atoms with Crippen molar-refractivity contribution in [1.82, 2.24) is 10.2 Å². The van der Waals surface area contributed by atoms with Crippen LogP contribution in [0.5, 0.6) is 0 Å². The second-order valence-corrected chi connectivity index (χ2v) is 10.2. The summed E-state index contributed by atoms with van der Waals surface area (Å²) >= 11 is 1.45. The smallest absolute Gasteiger partial charge is 0.269 e. The zero-order valence-corrected chi connectivity index (χ0v) is 21.4. The van der Waals surface area contributed by atoms with E-state index in [4.69, 9.17) is 0 Å². The highest BCUT2D eigenvalue weighted by Gasteiger charge is 2.30. The normalized spacial score (nSPS) is 14.8. The number of thioether (sulfide) groups is 1. The molecule has 1 fully saturated rings. The van der Waals surface area contributed by atoms with Crippen molar-refractivity contribution >= 4 is 29.3 Å². The summed E-state index contributed by atoms with van der Waals surface area (Å²) in [5, 5.41) is 14.1. The number of hydrogen-bond acceptors (Lipinski definition) is 5. The zero-order valence-electron chi connectivity index (χ0n) is 20.6. The van der Waals surface area contributed by atoms with Gasteiger partial charge >= 0.3 is 0 Å². The minimum atomic E-state index is -0.522. The number of rotatable bonds is 11. The number of nitro benzene ring substituents is 1. The van der Waals surface area contributed by atoms with Crippen molar-refractivity contribution in [3.63, 3.8) is 0 Å². The lowest BCUT2D eigenvalue weighted by atomic mass is 9.95. The van der Waals surface area contributed by atoms with Crippen LogP contribution in [0.2, 0.25) is 0 Å². The molecule has 0 aromatic heterocycles. The van der Waals surface area contributed by atoms with E-state index < -0.39 is 11.0 Å². The maximum atomic E-state index is 13.4. The summed E-state index contributed by atoms with van der Waals surface area (Å²) in [6.45, 7) is 4.35. The van der Waals surface area contributed by atoms with Crippen LogP contribution in [0.3, 0.4) is 0 Å². The molecule has 0 unspecified atom stereocenters. The van der Waals surface area contributed by atoms with Gasteiger partial charge in [-0.1, -0.05) is 68.1 Å². The van der Waals surface area contributed by atoms with Gasteiger partial charge < -0.3 is 10.2 Å². The van der Waals surface area contributed by atoms with Crippen LogP contribution in [0.1, 0.15) is 62.1 Å². The van der Waals surface area contributed by atoms with Crippen molar-refractivity contribution in [2.24, 2.45) is 0 Å². The van der Waals surface area contributed by atoms with Crippen LogP contribution in [0.15, 0.2) is 48.5 Å². The number of hydrogen-bond donors (Lipinski definition) is 1. The van der Waals surface area contributed by atoms with Gasteiger partial charge in [0.05, 0.1) is 10.7 Å². The first-order valence-electron chi connectivity index (χ1n) is 12.3. The van der Waals surface area contributed by atoms with Crippen molar-refractivity contribution in [1.29, 1.82) is 0 Å². The van der Waals surface area contributed by atoms with Gasteiger partial charge in [0, 0.05) is 30.5 Å². The van der Waals surface area contributed by atoms with Gasteiger partial charge in [-0.2, -0.15) is 0 Å². The van der Waals surface area contributed by atoms with Gasteiger partial charge in [-0.05, 0) is 37.3 Å². The van der Waals surface area contributed by atoms with Crippen LogP contribution in [-0.2, 0) is 21.9 Å². The summed E-state index contributed by atoms with van der Waals surface area (Å²) in [4.78, 5) is 38.8. The molecule has 1 aliphatic rings. The molecule has 2 aromatic carbocycles. The predicted octanol–water partition coefficient (Wildman–Crippen LogP) is 5.39. The van der Waals surface area contributed by atoms with Crippen molar-refractivity contribution in [3.05, 3.63) is 75.3 Å². The average Bonchev–Trinajstić information content (AvgIpc) is 2.86. The second kappa shape index (κ2) is 13.3. The molecule has 0 saturated heterocycles. The number of nitrogens with zero attached hydrogens (tertiary/aromatic N) is 2. The lowest BCUT2D eigenvalue weighted by molar-refractivity contribution is -0.384. The number of aryl methyl sites for hydroxylation is 1. The molecule has 7 nitrogen and oxygen atoms in total. The van der Waals surface area contributed by atoms with E-state index in [1.165, 1.54) is 30.3 Å². The first-order valence-corrected chi connectivity index (χ1v) is 13.5. The third kappa shape index (κ3) is 8.09. The minimum absolute atomic E-state index is 0.0499. The number of benzene rings is 2. The fraction of sp³-hybridized carbons (Fsp3) is 0.481. The molecule has 1 aliphatic carbocycles. The highest BCUT2D eigenvalue weighted by atomic mass is 32.2. The summed E-state index contributed by atoms with van der Waals surface area (Å²) < 4.78 is 0. The maximum absolute atomic E-state index is 13.4. The Morgan fingerprint density at radius 2 is 1.69 bits per heavy atom. The Morgan fingerprint density at radius 1 is 1.06 bits per heavy atom. The standard InChI is InChI=1S/C27H35N3O4S/c1-3-25(27(32)28-23-7-5-4-6-8-23)29(17-21-11-9-20(2)10-12-21)26(31)19-35-18-22-13-15-24(16-14-22)30(33)34/h9-16,23,25H,3-8,17-19H2,1-2H3,(H,28,32)/t25-/m1/s1. The topological polar surface area (TPSA) is 92.6 Å². The minimum Gasteiger partial charge on any atom is -0.352 e. The van der Waals surface area contributed by atoms with Crippen LogP contribution >= 0.6 is 11.8 Å². The van der Waals surface area contributed by atoms with Gasteiger partial charge in [-0.15, -0.1) is 11.8 Å². The molecule has 1 atom stereocenters. The van der Waals surface area contributed by atoms with Crippen LogP contribution in [0.25, 0.3) is 0 Å². The number of amides is 2. The average molecular weight is 498 g/mol. The lowest BCUT2D eigenvalue weighted by Crippen LogP contribution is -2.52. The molecule has 1 N–H and O–H groups in total. The number of non-ortho nitro benzene ring substituents is 1. The molecule has 35 heavy (non-hydrogen) atoms. The molecule has 0 heterocycles. The molecule has 188 valence electrons. The third-order valence-electron chi connectivity index (χ3n) is 6.45. The van der Waals surface area contributed by atoms with Gasteiger partial charge in [-0.25, -0.2) is 0 Å². The van der Waals surface area contributed by atoms with Gasteiger partial charge in [0.15, 0.2) is 0 Å². The molecule has 2 amide bonds. The summed E-state index contributed by atoms with van der Waals surface area (Å²) in [7, 11) is 0. The highest BCUT2D eigenvalue weighted by Crippen LogP contribution is 2.21. The van der Waals surface area contributed by atoms with Crippen LogP contribution < -0.4 is 5.32 Å². The molecular weight excluding hydrogens is 462 g/mol. The lowest BCUT2D eigenvalue weighted by Gasteiger charge is -2.32. The van der Waals surface area contributed by atoms with Crippen molar-refractivity contribution < 1.29 is 14.5 Å². The van der Waals surface area contributed by atoms with E-state index in [0.29, 0.717) is 18.7 Å². The third-order valence-corrected chi connectivity index (χ3v) is 7.44. The summed E-state index contributed by atoms with van der Waals surface area (Å²) in [6.07, 6.45) is 6.02. The number of carbonyl (C=O) groups is 2. The largest absolute Gasteiger partial charge is 0.352 e. The van der Waals surface area contributed by atoms with Crippen LogP contribution in [-0.4, -0.2) is 39.5 Å². The van der Waals surface area contributed by atoms with Gasteiger partial charge in [0.2, 0.25) is 11.8 Å². The van der Waals surface area contributed by atoms with Crippen molar-refractivity contribution in [3.8, 4) is 0 Å². The molecule has 0 bridgehead atoms. The maximum Gasteiger partial charge on any atom is 0.269 e. The second-order valence-electron chi connectivity index (χ2n) is 9.19. The first-order chi connectivity index (χ1) is 16.9. The zero-order chi connectivity index (χ0) is 25.2. The Hall–Kier alpha value is -2.87. The summed E-state index contributed by atoms with van der Waals surface area (Å²) in [5.74, 6) is 0.645. The monoisotopic (exact) mass is 497 g/mol. The molecular formula is C27H35N3O4S. The fourth-order valence-corrected chi connectivity index (χ4v) is 5.28.